The van der Waals surface area contributed by atoms with Crippen molar-refractivity contribution < 1.29 is 19.5 Å². The molecule has 2 amide bonds. The van der Waals surface area contributed by atoms with Gasteiger partial charge in [-0.15, -0.1) is 11.3 Å². The van der Waals surface area contributed by atoms with Crippen LogP contribution in [-0.2, 0) is 16.1 Å². The van der Waals surface area contributed by atoms with Crippen LogP contribution in [-0.4, -0.2) is 43.5 Å². The van der Waals surface area contributed by atoms with Crippen molar-refractivity contribution in [2.45, 2.75) is 25.4 Å². The third kappa shape index (κ3) is 6.34. The highest BCUT2D eigenvalue weighted by Gasteiger charge is 2.21. The fourth-order valence-electron chi connectivity index (χ4n) is 2.89. The van der Waals surface area contributed by atoms with Crippen LogP contribution in [0.5, 0.6) is 0 Å². The summed E-state index contributed by atoms with van der Waals surface area (Å²) in [5.74, 6) is -2.39. The average Bonchev–Trinajstić information content (AvgIpc) is 3.44. The number of carbonyl (C=O) groups is 3. The van der Waals surface area contributed by atoms with Gasteiger partial charge in [-0.05, 0) is 30.2 Å². The Labute approximate surface area is 182 Å². The molecule has 0 radical (unpaired) electrons. The largest absolute Gasteiger partial charge is 0.480 e. The zero-order valence-corrected chi connectivity index (χ0v) is 17.3. The van der Waals surface area contributed by atoms with Crippen LogP contribution in [0.15, 0.2) is 54.6 Å². The Morgan fingerprint density at radius 3 is 2.77 bits per heavy atom. The van der Waals surface area contributed by atoms with Crippen LogP contribution in [0, 0.1) is 0 Å². The number of thiazole rings is 1. The topological polar surface area (TPSA) is 140 Å². The van der Waals surface area contributed by atoms with Crippen LogP contribution >= 0.6 is 11.3 Å². The Kier molecular flexibility index (Phi) is 7.28. The van der Waals surface area contributed by atoms with Gasteiger partial charge in [0.1, 0.15) is 11.0 Å². The number of carbonyl (C=O) groups excluding carboxylic acids is 2. The number of nitrogens with zero attached hydrogens (tertiary/aromatic N) is 3. The van der Waals surface area contributed by atoms with Crippen LogP contribution in [0.2, 0.25) is 0 Å². The Balaban J connectivity index is 1.81. The first-order chi connectivity index (χ1) is 14.9. The number of carboxylic acids is 1. The molecule has 0 aliphatic heterocycles. The highest BCUT2D eigenvalue weighted by atomic mass is 32.1. The van der Waals surface area contributed by atoms with Gasteiger partial charge in [-0.2, -0.15) is 0 Å². The summed E-state index contributed by atoms with van der Waals surface area (Å²) in [6, 6.07) is 5.63. The number of carboxylic acid groups (broad SMARTS) is 1. The van der Waals surface area contributed by atoms with Crippen molar-refractivity contribution in [3.05, 3.63) is 70.7 Å². The molecule has 3 aromatic rings. The van der Waals surface area contributed by atoms with Crippen molar-refractivity contribution in [1.29, 1.82) is 0 Å². The third-order valence-electron chi connectivity index (χ3n) is 4.39. The summed E-state index contributed by atoms with van der Waals surface area (Å²) < 4.78 is 1.92. The van der Waals surface area contributed by atoms with E-state index in [1.54, 1.807) is 36.9 Å². The molecule has 2 heterocycles. The number of imidazole rings is 1. The Morgan fingerprint density at radius 1 is 1.29 bits per heavy atom. The van der Waals surface area contributed by atoms with Gasteiger partial charge in [0, 0.05) is 41.5 Å². The van der Waals surface area contributed by atoms with Gasteiger partial charge >= 0.3 is 5.97 Å². The number of nitrogens with two attached hydrogens (primary N) is 1. The molecule has 1 aromatic carbocycles. The molecule has 0 aliphatic carbocycles. The molecule has 160 valence electrons. The van der Waals surface area contributed by atoms with Crippen LogP contribution < -0.4 is 11.1 Å². The van der Waals surface area contributed by atoms with Gasteiger partial charge in [0.15, 0.2) is 0 Å². The average molecular weight is 439 g/mol. The number of aromatic nitrogens is 3. The molecule has 0 unspecified atom stereocenters. The van der Waals surface area contributed by atoms with E-state index in [1.165, 1.54) is 11.3 Å². The second-order valence-electron chi connectivity index (χ2n) is 6.74. The molecule has 0 bridgehead atoms. The third-order valence-corrected chi connectivity index (χ3v) is 5.24. The first kappa shape index (κ1) is 21.9. The van der Waals surface area contributed by atoms with Crippen molar-refractivity contribution >= 4 is 40.8 Å². The zero-order valence-electron chi connectivity index (χ0n) is 16.5. The minimum absolute atomic E-state index is 0.0743. The van der Waals surface area contributed by atoms with E-state index in [4.69, 9.17) is 5.73 Å². The Hall–Kier alpha value is -3.79. The number of amides is 2. The fourth-order valence-corrected chi connectivity index (χ4v) is 3.54. The lowest BCUT2D eigenvalue weighted by Crippen LogP contribution is -2.41. The molecule has 1 atom stereocenters. The maximum atomic E-state index is 12.6. The normalized spacial score (nSPS) is 12.3. The van der Waals surface area contributed by atoms with Crippen molar-refractivity contribution in [2.24, 2.45) is 5.73 Å². The van der Waals surface area contributed by atoms with E-state index in [9.17, 15) is 19.5 Å². The Bertz CT molecular complexity index is 1080. The molecule has 0 aliphatic rings. The molecule has 3 rings (SSSR count). The number of hydrogen-bond donors (Lipinski definition) is 3. The summed E-state index contributed by atoms with van der Waals surface area (Å²) in [7, 11) is 0. The van der Waals surface area contributed by atoms with Gasteiger partial charge in [-0.25, -0.2) is 14.8 Å². The first-order valence-corrected chi connectivity index (χ1v) is 10.3. The maximum absolute atomic E-state index is 12.6. The molecular formula is C21H21N5O4S. The van der Waals surface area contributed by atoms with Crippen LogP contribution in [0.4, 0.5) is 0 Å². The van der Waals surface area contributed by atoms with Crippen molar-refractivity contribution in [3.63, 3.8) is 0 Å². The molecule has 10 heteroatoms. The summed E-state index contributed by atoms with van der Waals surface area (Å²) >= 11 is 1.51. The van der Waals surface area contributed by atoms with Gasteiger partial charge < -0.3 is 20.7 Å². The number of nitrogens with one attached hydrogen (secondary N) is 1. The standard InChI is InChI=1S/C21H21N5O4S/c22-18(27)5-4-17(21(29)30)25-19(28)15-3-1-2-14(10-15)11-16(20-24-7-9-31-20)12-26-8-6-23-13-26/h1-3,6-11,13,17H,4-5,12H2,(H2,22,27)(H,25,28)(H,29,30)/b16-11-/t17-/m0/s1. The number of hydrogen-bond acceptors (Lipinski definition) is 6. The molecule has 4 N–H and O–H groups in total. The number of primary amides is 1. The minimum Gasteiger partial charge on any atom is -0.480 e. The van der Waals surface area contributed by atoms with Gasteiger partial charge in [0.25, 0.3) is 5.91 Å². The number of allylic oxidation sites excluding steroid dienone is 1. The monoisotopic (exact) mass is 439 g/mol. The van der Waals surface area contributed by atoms with Crippen molar-refractivity contribution in [3.8, 4) is 0 Å². The smallest absolute Gasteiger partial charge is 0.326 e. The number of rotatable bonds is 10. The van der Waals surface area contributed by atoms with Crippen molar-refractivity contribution in [1.82, 2.24) is 19.9 Å². The second kappa shape index (κ2) is 10.3. The summed E-state index contributed by atoms with van der Waals surface area (Å²) in [6.45, 7) is 0.554. The number of aliphatic carboxylic acids is 1. The lowest BCUT2D eigenvalue weighted by molar-refractivity contribution is -0.139. The summed E-state index contributed by atoms with van der Waals surface area (Å²) in [6.07, 6.45) is 8.70. The molecule has 9 nitrogen and oxygen atoms in total. The van der Waals surface area contributed by atoms with E-state index < -0.39 is 23.8 Å². The second-order valence-corrected chi connectivity index (χ2v) is 7.63. The lowest BCUT2D eigenvalue weighted by Gasteiger charge is -2.14. The highest BCUT2D eigenvalue weighted by Crippen LogP contribution is 2.23. The molecule has 0 fully saturated rings. The molecule has 0 saturated heterocycles. The predicted octanol–water partition coefficient (Wildman–Crippen LogP) is 2.03. The molecule has 0 saturated carbocycles. The van der Waals surface area contributed by atoms with E-state index in [-0.39, 0.29) is 12.8 Å². The maximum Gasteiger partial charge on any atom is 0.326 e. The van der Waals surface area contributed by atoms with Crippen LogP contribution in [0.3, 0.4) is 0 Å². The van der Waals surface area contributed by atoms with E-state index in [0.29, 0.717) is 12.1 Å². The number of benzene rings is 1. The van der Waals surface area contributed by atoms with Crippen LogP contribution in [0.1, 0.15) is 33.8 Å². The zero-order chi connectivity index (χ0) is 22.2. The van der Waals surface area contributed by atoms with Gasteiger partial charge in [0.2, 0.25) is 5.91 Å². The molecular weight excluding hydrogens is 418 g/mol. The lowest BCUT2D eigenvalue weighted by atomic mass is 10.1. The van der Waals surface area contributed by atoms with Gasteiger partial charge in [0.05, 0.1) is 12.9 Å². The Morgan fingerprint density at radius 2 is 2.13 bits per heavy atom. The van der Waals surface area contributed by atoms with Gasteiger partial charge in [-0.3, -0.25) is 9.59 Å². The SMILES string of the molecule is NC(=O)CC[C@H](NC(=O)c1cccc(/C=C(/Cn2ccnc2)c2nccs2)c1)C(=O)O. The minimum atomic E-state index is -1.22. The van der Waals surface area contributed by atoms with E-state index in [1.807, 2.05) is 28.3 Å². The highest BCUT2D eigenvalue weighted by molar-refractivity contribution is 7.10. The van der Waals surface area contributed by atoms with Crippen molar-refractivity contribution in [2.75, 3.05) is 0 Å². The summed E-state index contributed by atoms with van der Waals surface area (Å²) in [4.78, 5) is 43.4. The molecule has 0 spiro atoms. The van der Waals surface area contributed by atoms with Crippen LogP contribution in [0.25, 0.3) is 11.6 Å². The van der Waals surface area contributed by atoms with E-state index >= 15 is 0 Å². The molecule has 2 aromatic heterocycles. The quantitative estimate of drug-likeness (QED) is 0.441. The van der Waals surface area contributed by atoms with E-state index in [2.05, 4.69) is 15.3 Å². The van der Waals surface area contributed by atoms with E-state index in [0.717, 1.165) is 16.1 Å². The summed E-state index contributed by atoms with van der Waals surface area (Å²) in [5, 5.41) is 14.5. The van der Waals surface area contributed by atoms with Gasteiger partial charge in [-0.1, -0.05) is 12.1 Å². The summed E-state index contributed by atoms with van der Waals surface area (Å²) in [5.41, 5.74) is 7.09. The fraction of sp³-hybridized carbons (Fsp3) is 0.190. The first-order valence-electron chi connectivity index (χ1n) is 9.40. The molecule has 31 heavy (non-hydrogen) atoms. The predicted molar refractivity (Wildman–Crippen MR) is 116 cm³/mol.